The molecule has 1 N–H and O–H groups in total. The van der Waals surface area contributed by atoms with Gasteiger partial charge in [-0.15, -0.1) is 0 Å². The summed E-state index contributed by atoms with van der Waals surface area (Å²) in [5.41, 5.74) is -0.0331. The van der Waals surface area contributed by atoms with Gasteiger partial charge in [-0.05, 0) is 40.9 Å². The highest BCUT2D eigenvalue weighted by Crippen LogP contribution is 2.21. The fourth-order valence-corrected chi connectivity index (χ4v) is 2.39. The standard InChI is InChI=1S/C15H20BrFN2O2/c1-3-8-18-13(20)10-19(9-4-2)15(21)14-11(16)6-5-7-12(14)17/h5-7H,3-4,8-10H2,1-2H3,(H,18,20). The summed E-state index contributed by atoms with van der Waals surface area (Å²) in [7, 11) is 0. The van der Waals surface area contributed by atoms with E-state index in [1.54, 1.807) is 6.07 Å². The van der Waals surface area contributed by atoms with E-state index in [1.807, 2.05) is 13.8 Å². The first kappa shape index (κ1) is 17.6. The van der Waals surface area contributed by atoms with Gasteiger partial charge in [-0.3, -0.25) is 9.59 Å². The number of nitrogens with one attached hydrogen (secondary N) is 1. The molecule has 0 unspecified atom stereocenters. The Kier molecular flexibility index (Phi) is 7.36. The van der Waals surface area contributed by atoms with Crippen molar-refractivity contribution in [2.45, 2.75) is 26.7 Å². The molecule has 0 aliphatic rings. The van der Waals surface area contributed by atoms with Crippen molar-refractivity contribution in [3.05, 3.63) is 34.1 Å². The first-order valence-corrected chi connectivity index (χ1v) is 7.80. The quantitative estimate of drug-likeness (QED) is 0.814. The average Bonchev–Trinajstić information content (AvgIpc) is 2.44. The summed E-state index contributed by atoms with van der Waals surface area (Å²) in [6.07, 6.45) is 1.52. The van der Waals surface area contributed by atoms with Crippen LogP contribution in [-0.4, -0.2) is 36.3 Å². The molecule has 1 aromatic rings. The van der Waals surface area contributed by atoms with E-state index in [0.29, 0.717) is 24.0 Å². The number of carbonyl (C=O) groups is 2. The largest absolute Gasteiger partial charge is 0.355 e. The molecule has 1 rings (SSSR count). The van der Waals surface area contributed by atoms with E-state index in [-0.39, 0.29) is 18.0 Å². The summed E-state index contributed by atoms with van der Waals surface area (Å²) in [6.45, 7) is 4.76. The van der Waals surface area contributed by atoms with Gasteiger partial charge in [-0.1, -0.05) is 19.9 Å². The fourth-order valence-electron chi connectivity index (χ4n) is 1.88. The number of nitrogens with zero attached hydrogens (tertiary/aromatic N) is 1. The molecule has 0 atom stereocenters. The molecule has 6 heteroatoms. The van der Waals surface area contributed by atoms with Crippen LogP contribution >= 0.6 is 15.9 Å². The van der Waals surface area contributed by atoms with Crippen molar-refractivity contribution in [3.8, 4) is 0 Å². The first-order chi connectivity index (χ1) is 10.0. The van der Waals surface area contributed by atoms with Crippen LogP contribution < -0.4 is 5.32 Å². The Labute approximate surface area is 132 Å². The van der Waals surface area contributed by atoms with Gasteiger partial charge in [-0.25, -0.2) is 4.39 Å². The number of amides is 2. The molecule has 2 amide bonds. The number of carbonyl (C=O) groups excluding carboxylic acids is 2. The van der Waals surface area contributed by atoms with E-state index in [9.17, 15) is 14.0 Å². The minimum Gasteiger partial charge on any atom is -0.355 e. The number of halogens is 2. The Morgan fingerprint density at radius 2 is 2.00 bits per heavy atom. The molecule has 0 heterocycles. The van der Waals surface area contributed by atoms with Gasteiger partial charge < -0.3 is 10.2 Å². The van der Waals surface area contributed by atoms with Crippen LogP contribution in [0.3, 0.4) is 0 Å². The molecule has 0 aliphatic carbocycles. The van der Waals surface area contributed by atoms with E-state index >= 15 is 0 Å². The molecule has 0 aliphatic heterocycles. The third-order valence-electron chi connectivity index (χ3n) is 2.86. The van der Waals surface area contributed by atoms with Crippen LogP contribution in [0.1, 0.15) is 37.0 Å². The summed E-state index contributed by atoms with van der Waals surface area (Å²) in [5.74, 6) is -1.30. The SMILES string of the molecule is CCCNC(=O)CN(CCC)C(=O)c1c(F)cccc1Br. The van der Waals surface area contributed by atoms with Crippen LogP contribution in [0, 0.1) is 5.82 Å². The highest BCUT2D eigenvalue weighted by atomic mass is 79.9. The summed E-state index contributed by atoms with van der Waals surface area (Å²) >= 11 is 3.19. The van der Waals surface area contributed by atoms with Crippen LogP contribution in [-0.2, 0) is 4.79 Å². The van der Waals surface area contributed by atoms with Gasteiger partial charge in [0.1, 0.15) is 5.82 Å². The topological polar surface area (TPSA) is 49.4 Å². The van der Waals surface area contributed by atoms with Crippen molar-refractivity contribution < 1.29 is 14.0 Å². The van der Waals surface area contributed by atoms with Crippen molar-refractivity contribution in [2.24, 2.45) is 0 Å². The zero-order chi connectivity index (χ0) is 15.8. The predicted molar refractivity (Wildman–Crippen MR) is 83.6 cm³/mol. The van der Waals surface area contributed by atoms with E-state index in [1.165, 1.54) is 17.0 Å². The molecule has 21 heavy (non-hydrogen) atoms. The van der Waals surface area contributed by atoms with Crippen LogP contribution in [0.5, 0.6) is 0 Å². The van der Waals surface area contributed by atoms with E-state index in [4.69, 9.17) is 0 Å². The molecule has 4 nitrogen and oxygen atoms in total. The maximum Gasteiger partial charge on any atom is 0.258 e. The minimum absolute atomic E-state index is 0.0331. The third kappa shape index (κ3) is 5.12. The molecule has 1 aromatic carbocycles. The zero-order valence-corrected chi connectivity index (χ0v) is 13.9. The Morgan fingerprint density at radius 3 is 2.57 bits per heavy atom. The Bertz CT molecular complexity index is 488. The van der Waals surface area contributed by atoms with E-state index in [2.05, 4.69) is 21.2 Å². The number of hydrogen-bond donors (Lipinski definition) is 1. The van der Waals surface area contributed by atoms with Gasteiger partial charge in [0.05, 0.1) is 12.1 Å². The molecule has 0 saturated carbocycles. The Balaban J connectivity index is 2.89. The summed E-state index contributed by atoms with van der Waals surface area (Å²) in [5, 5.41) is 2.72. The lowest BCUT2D eigenvalue weighted by molar-refractivity contribution is -0.121. The lowest BCUT2D eigenvalue weighted by Crippen LogP contribution is -2.41. The second-order valence-electron chi connectivity index (χ2n) is 4.67. The van der Waals surface area contributed by atoms with Crippen molar-refractivity contribution in [1.29, 1.82) is 0 Å². The summed E-state index contributed by atoms with van der Waals surface area (Å²) in [4.78, 5) is 25.6. The Morgan fingerprint density at radius 1 is 1.29 bits per heavy atom. The Hall–Kier alpha value is -1.43. The fraction of sp³-hybridized carbons (Fsp3) is 0.467. The smallest absolute Gasteiger partial charge is 0.258 e. The van der Waals surface area contributed by atoms with Gasteiger partial charge in [0.2, 0.25) is 5.91 Å². The lowest BCUT2D eigenvalue weighted by Gasteiger charge is -2.22. The summed E-state index contributed by atoms with van der Waals surface area (Å²) in [6, 6.07) is 4.37. The molecule has 116 valence electrons. The lowest BCUT2D eigenvalue weighted by atomic mass is 10.1. The first-order valence-electron chi connectivity index (χ1n) is 7.01. The van der Waals surface area contributed by atoms with Gasteiger partial charge in [-0.2, -0.15) is 0 Å². The highest BCUT2D eigenvalue weighted by Gasteiger charge is 2.23. The van der Waals surface area contributed by atoms with Crippen molar-refractivity contribution in [1.82, 2.24) is 10.2 Å². The number of rotatable bonds is 7. The van der Waals surface area contributed by atoms with Crippen molar-refractivity contribution in [2.75, 3.05) is 19.6 Å². The van der Waals surface area contributed by atoms with Gasteiger partial charge in [0, 0.05) is 17.6 Å². The molecule has 0 spiro atoms. The van der Waals surface area contributed by atoms with Gasteiger partial charge in [0.15, 0.2) is 0 Å². The number of hydrogen-bond acceptors (Lipinski definition) is 2. The normalized spacial score (nSPS) is 10.3. The monoisotopic (exact) mass is 358 g/mol. The minimum atomic E-state index is -0.593. The molecular formula is C15H20BrFN2O2. The maximum atomic E-state index is 13.9. The highest BCUT2D eigenvalue weighted by molar-refractivity contribution is 9.10. The molecule has 0 aromatic heterocycles. The second kappa shape index (κ2) is 8.77. The molecular weight excluding hydrogens is 339 g/mol. The van der Waals surface area contributed by atoms with Gasteiger partial charge in [0.25, 0.3) is 5.91 Å². The van der Waals surface area contributed by atoms with Gasteiger partial charge >= 0.3 is 0 Å². The average molecular weight is 359 g/mol. The summed E-state index contributed by atoms with van der Waals surface area (Å²) < 4.78 is 14.3. The van der Waals surface area contributed by atoms with Crippen LogP contribution in [0.15, 0.2) is 22.7 Å². The van der Waals surface area contributed by atoms with E-state index in [0.717, 1.165) is 6.42 Å². The molecule has 0 saturated heterocycles. The van der Waals surface area contributed by atoms with Crippen molar-refractivity contribution in [3.63, 3.8) is 0 Å². The molecule has 0 radical (unpaired) electrons. The molecule has 0 bridgehead atoms. The van der Waals surface area contributed by atoms with Crippen molar-refractivity contribution >= 4 is 27.7 Å². The van der Waals surface area contributed by atoms with E-state index < -0.39 is 11.7 Å². The van der Waals surface area contributed by atoms with Crippen LogP contribution in [0.2, 0.25) is 0 Å². The van der Waals surface area contributed by atoms with Crippen LogP contribution in [0.25, 0.3) is 0 Å². The second-order valence-corrected chi connectivity index (χ2v) is 5.53. The third-order valence-corrected chi connectivity index (χ3v) is 3.52. The van der Waals surface area contributed by atoms with Crippen LogP contribution in [0.4, 0.5) is 4.39 Å². The predicted octanol–water partition coefficient (Wildman–Crippen LogP) is 2.97. The number of benzene rings is 1. The maximum absolute atomic E-state index is 13.9. The molecule has 0 fully saturated rings. The zero-order valence-electron chi connectivity index (χ0n) is 12.3.